The van der Waals surface area contributed by atoms with Gasteiger partial charge in [-0.15, -0.1) is 0 Å². The van der Waals surface area contributed by atoms with Crippen molar-refractivity contribution in [3.05, 3.63) is 18.5 Å². The Bertz CT molecular complexity index is 542. The molecule has 0 saturated carbocycles. The molecule has 2 aliphatic heterocycles. The number of nitrogens with one attached hydrogen (secondary N) is 1. The van der Waals surface area contributed by atoms with Crippen molar-refractivity contribution in [1.29, 1.82) is 0 Å². The van der Waals surface area contributed by atoms with Crippen LogP contribution in [0, 0.1) is 0 Å². The monoisotopic (exact) mass is 284 g/mol. The summed E-state index contributed by atoms with van der Waals surface area (Å²) in [6, 6.07) is 2.26. The molecule has 0 atom stereocenters. The minimum Gasteiger partial charge on any atom is -0.356 e. The van der Waals surface area contributed by atoms with Crippen LogP contribution in [0.15, 0.2) is 23.4 Å². The van der Waals surface area contributed by atoms with Gasteiger partial charge in [-0.2, -0.15) is 4.31 Å². The summed E-state index contributed by atoms with van der Waals surface area (Å²) in [4.78, 5) is 2.78. The fourth-order valence-corrected chi connectivity index (χ4v) is 4.09. The summed E-state index contributed by atoms with van der Waals surface area (Å²) >= 11 is 0. The first kappa shape index (κ1) is 13.1. The molecule has 19 heavy (non-hydrogen) atoms. The zero-order chi connectivity index (χ0) is 13.5. The Morgan fingerprint density at radius 3 is 2.37 bits per heavy atom. The van der Waals surface area contributed by atoms with Crippen molar-refractivity contribution < 1.29 is 8.42 Å². The number of nitrogens with zero attached hydrogens (tertiary/aromatic N) is 3. The third kappa shape index (κ3) is 2.43. The third-order valence-electron chi connectivity index (χ3n) is 3.99. The number of piperazine rings is 1. The van der Waals surface area contributed by atoms with Gasteiger partial charge in [0.25, 0.3) is 0 Å². The van der Waals surface area contributed by atoms with Crippen LogP contribution in [0.2, 0.25) is 0 Å². The summed E-state index contributed by atoms with van der Waals surface area (Å²) in [6.07, 6.45) is 3.43. The zero-order valence-corrected chi connectivity index (χ0v) is 11.9. The number of sulfonamides is 1. The second kappa shape index (κ2) is 4.90. The lowest BCUT2D eigenvalue weighted by Crippen LogP contribution is -2.61. The molecule has 0 radical (unpaired) electrons. The minimum atomic E-state index is -3.31. The fourth-order valence-electron chi connectivity index (χ4n) is 2.62. The van der Waals surface area contributed by atoms with Crippen molar-refractivity contribution in [1.82, 2.24) is 19.1 Å². The zero-order valence-electron chi connectivity index (χ0n) is 11.1. The Balaban J connectivity index is 1.67. The lowest BCUT2D eigenvalue weighted by molar-refractivity contribution is 0.103. The van der Waals surface area contributed by atoms with Gasteiger partial charge in [0, 0.05) is 64.8 Å². The first-order valence-electron chi connectivity index (χ1n) is 6.64. The van der Waals surface area contributed by atoms with Crippen LogP contribution in [0.5, 0.6) is 0 Å². The number of aryl methyl sites for hydroxylation is 1. The van der Waals surface area contributed by atoms with Crippen LogP contribution in [0.4, 0.5) is 0 Å². The highest BCUT2D eigenvalue weighted by molar-refractivity contribution is 7.89. The molecule has 3 heterocycles. The van der Waals surface area contributed by atoms with E-state index in [1.165, 1.54) is 0 Å². The molecule has 106 valence electrons. The van der Waals surface area contributed by atoms with Gasteiger partial charge in [-0.3, -0.25) is 4.90 Å². The summed E-state index contributed by atoms with van der Waals surface area (Å²) in [5, 5.41) is 3.25. The standard InChI is InChI=1S/C12H20N4O2S/c1-14-3-2-12(10-14)19(17,18)16-6-4-15(5-7-16)11-8-13-9-11/h2-3,10-11,13H,4-9H2,1H3. The molecule has 1 aromatic heterocycles. The Hall–Kier alpha value is -0.890. The molecule has 2 aliphatic rings. The normalized spacial score (nSPS) is 23.4. The van der Waals surface area contributed by atoms with Crippen LogP contribution in [-0.2, 0) is 17.1 Å². The average Bonchev–Trinajstić information content (AvgIpc) is 2.75. The maximum atomic E-state index is 12.4. The first-order valence-corrected chi connectivity index (χ1v) is 8.08. The van der Waals surface area contributed by atoms with Crippen LogP contribution in [0.1, 0.15) is 0 Å². The van der Waals surface area contributed by atoms with Crippen LogP contribution in [-0.4, -0.2) is 67.5 Å². The Morgan fingerprint density at radius 2 is 1.89 bits per heavy atom. The molecular formula is C12H20N4O2S. The lowest BCUT2D eigenvalue weighted by Gasteiger charge is -2.42. The molecule has 0 aromatic carbocycles. The predicted octanol–water partition coefficient (Wildman–Crippen LogP) is -0.697. The van der Waals surface area contributed by atoms with E-state index in [1.54, 1.807) is 27.3 Å². The Labute approximate surface area is 114 Å². The second-order valence-corrected chi connectivity index (χ2v) is 7.20. The van der Waals surface area contributed by atoms with Crippen molar-refractivity contribution >= 4 is 10.0 Å². The molecule has 7 heteroatoms. The summed E-state index contributed by atoms with van der Waals surface area (Å²) in [5.41, 5.74) is 0. The quantitative estimate of drug-likeness (QED) is 0.798. The highest BCUT2D eigenvalue weighted by Crippen LogP contribution is 2.19. The molecule has 0 aliphatic carbocycles. The van der Waals surface area contributed by atoms with Gasteiger partial charge in [0.1, 0.15) is 0 Å². The molecule has 3 rings (SSSR count). The molecule has 2 fully saturated rings. The van der Waals surface area contributed by atoms with Gasteiger partial charge in [0.05, 0.1) is 4.90 Å². The molecule has 0 unspecified atom stereocenters. The van der Waals surface area contributed by atoms with Crippen LogP contribution >= 0.6 is 0 Å². The summed E-state index contributed by atoms with van der Waals surface area (Å²) in [5.74, 6) is 0. The third-order valence-corrected chi connectivity index (χ3v) is 5.87. The molecule has 1 N–H and O–H groups in total. The number of aromatic nitrogens is 1. The van der Waals surface area contributed by atoms with Crippen LogP contribution in [0.25, 0.3) is 0 Å². The van der Waals surface area contributed by atoms with Crippen molar-refractivity contribution in [3.63, 3.8) is 0 Å². The van der Waals surface area contributed by atoms with Crippen molar-refractivity contribution in [2.75, 3.05) is 39.3 Å². The topological polar surface area (TPSA) is 57.6 Å². The highest BCUT2D eigenvalue weighted by atomic mass is 32.2. The summed E-state index contributed by atoms with van der Waals surface area (Å²) in [6.45, 7) is 4.91. The van der Waals surface area contributed by atoms with Gasteiger partial charge in [-0.05, 0) is 6.07 Å². The predicted molar refractivity (Wildman–Crippen MR) is 72.4 cm³/mol. The second-order valence-electron chi connectivity index (χ2n) is 5.26. The van der Waals surface area contributed by atoms with Crippen LogP contribution in [0.3, 0.4) is 0 Å². The van der Waals surface area contributed by atoms with Gasteiger partial charge in [-0.1, -0.05) is 0 Å². The summed E-state index contributed by atoms with van der Waals surface area (Å²) < 4.78 is 28.3. The van der Waals surface area contributed by atoms with Gasteiger partial charge >= 0.3 is 0 Å². The van der Waals surface area contributed by atoms with Gasteiger partial charge < -0.3 is 9.88 Å². The Morgan fingerprint density at radius 1 is 1.21 bits per heavy atom. The van der Waals surface area contributed by atoms with E-state index < -0.39 is 10.0 Å². The Kier molecular flexibility index (Phi) is 3.38. The van der Waals surface area contributed by atoms with E-state index in [1.807, 2.05) is 7.05 Å². The van der Waals surface area contributed by atoms with Gasteiger partial charge in [-0.25, -0.2) is 8.42 Å². The number of hydrogen-bond donors (Lipinski definition) is 1. The van der Waals surface area contributed by atoms with E-state index in [-0.39, 0.29) is 0 Å². The van der Waals surface area contributed by atoms with E-state index in [0.717, 1.165) is 26.2 Å². The smallest absolute Gasteiger partial charge is 0.244 e. The van der Waals surface area contributed by atoms with E-state index in [9.17, 15) is 8.42 Å². The van der Waals surface area contributed by atoms with E-state index >= 15 is 0 Å². The molecule has 2 saturated heterocycles. The van der Waals surface area contributed by atoms with E-state index in [0.29, 0.717) is 24.0 Å². The van der Waals surface area contributed by atoms with Crippen LogP contribution < -0.4 is 5.32 Å². The maximum Gasteiger partial charge on any atom is 0.244 e. The van der Waals surface area contributed by atoms with Crippen molar-refractivity contribution in [2.24, 2.45) is 7.05 Å². The highest BCUT2D eigenvalue weighted by Gasteiger charge is 2.32. The van der Waals surface area contributed by atoms with E-state index in [2.05, 4.69) is 10.2 Å². The van der Waals surface area contributed by atoms with Crippen molar-refractivity contribution in [2.45, 2.75) is 10.9 Å². The molecular weight excluding hydrogens is 264 g/mol. The molecule has 0 spiro atoms. The summed E-state index contributed by atoms with van der Waals surface area (Å²) in [7, 11) is -1.47. The maximum absolute atomic E-state index is 12.4. The fraction of sp³-hybridized carbons (Fsp3) is 0.667. The van der Waals surface area contributed by atoms with E-state index in [4.69, 9.17) is 0 Å². The number of rotatable bonds is 3. The molecule has 6 nitrogen and oxygen atoms in total. The van der Waals surface area contributed by atoms with Crippen molar-refractivity contribution in [3.8, 4) is 0 Å². The van der Waals surface area contributed by atoms with Gasteiger partial charge in [0.15, 0.2) is 0 Å². The first-order chi connectivity index (χ1) is 9.07. The molecule has 0 bridgehead atoms. The molecule has 1 aromatic rings. The average molecular weight is 284 g/mol. The minimum absolute atomic E-state index is 0.397. The lowest BCUT2D eigenvalue weighted by atomic mass is 10.1. The molecule has 0 amide bonds. The number of hydrogen-bond acceptors (Lipinski definition) is 4. The van der Waals surface area contributed by atoms with Gasteiger partial charge in [0.2, 0.25) is 10.0 Å². The largest absolute Gasteiger partial charge is 0.356 e. The SMILES string of the molecule is Cn1ccc(S(=O)(=O)N2CCN(C3CNC3)CC2)c1.